The van der Waals surface area contributed by atoms with Crippen LogP contribution in [0.5, 0.6) is 0 Å². The number of halogens is 1. The molecule has 1 unspecified atom stereocenters. The monoisotopic (exact) mass is 215 g/mol. The van der Waals surface area contributed by atoms with E-state index in [9.17, 15) is 4.79 Å². The lowest BCUT2D eigenvalue weighted by molar-refractivity contribution is 0.0925. The Kier molecular flexibility index (Phi) is 4.53. The number of rotatable bonds is 5. The number of nitrogens with one attached hydrogen (secondary N) is 1. The molecule has 1 aromatic rings. The predicted molar refractivity (Wildman–Crippen MR) is 55.6 cm³/mol. The van der Waals surface area contributed by atoms with E-state index in [1.54, 1.807) is 12.1 Å². The van der Waals surface area contributed by atoms with Gasteiger partial charge in [-0.15, -0.1) is 11.6 Å². The summed E-state index contributed by atoms with van der Waals surface area (Å²) < 4.78 is 4.93. The van der Waals surface area contributed by atoms with Crippen LogP contribution in [0.25, 0.3) is 0 Å². The van der Waals surface area contributed by atoms with Crippen molar-refractivity contribution in [2.45, 2.75) is 25.1 Å². The second kappa shape index (κ2) is 5.70. The lowest BCUT2D eigenvalue weighted by Crippen LogP contribution is -2.25. The van der Waals surface area contributed by atoms with Crippen molar-refractivity contribution in [3.05, 3.63) is 24.2 Å². The number of hydrogen-bond donors (Lipinski definition) is 1. The van der Waals surface area contributed by atoms with Gasteiger partial charge in [-0.25, -0.2) is 0 Å². The third kappa shape index (κ3) is 3.42. The Balaban J connectivity index is 2.23. The fraction of sp³-hybridized carbons (Fsp3) is 0.500. The van der Waals surface area contributed by atoms with Crippen molar-refractivity contribution in [1.82, 2.24) is 5.32 Å². The molecule has 0 aliphatic heterocycles. The van der Waals surface area contributed by atoms with Gasteiger partial charge in [-0.3, -0.25) is 4.79 Å². The van der Waals surface area contributed by atoms with Gasteiger partial charge in [0.25, 0.3) is 5.91 Å². The molecule has 4 heteroatoms. The summed E-state index contributed by atoms with van der Waals surface area (Å²) in [6.07, 6.45) is 3.17. The van der Waals surface area contributed by atoms with E-state index in [1.807, 2.05) is 6.92 Å². The van der Waals surface area contributed by atoms with Gasteiger partial charge < -0.3 is 9.73 Å². The molecule has 1 amide bonds. The van der Waals surface area contributed by atoms with E-state index in [0.29, 0.717) is 12.3 Å². The van der Waals surface area contributed by atoms with Crippen LogP contribution in [0.2, 0.25) is 0 Å². The van der Waals surface area contributed by atoms with E-state index < -0.39 is 0 Å². The fourth-order valence-corrected chi connectivity index (χ4v) is 1.15. The van der Waals surface area contributed by atoms with E-state index >= 15 is 0 Å². The van der Waals surface area contributed by atoms with Gasteiger partial charge in [0.1, 0.15) is 0 Å². The molecule has 0 spiro atoms. The highest BCUT2D eigenvalue weighted by Crippen LogP contribution is 2.05. The van der Waals surface area contributed by atoms with Crippen LogP contribution in [-0.2, 0) is 0 Å². The van der Waals surface area contributed by atoms with Gasteiger partial charge in [0.15, 0.2) is 5.76 Å². The summed E-state index contributed by atoms with van der Waals surface area (Å²) in [7, 11) is 0. The van der Waals surface area contributed by atoms with Gasteiger partial charge in [-0.2, -0.15) is 0 Å². The van der Waals surface area contributed by atoms with Crippen molar-refractivity contribution in [3.63, 3.8) is 0 Å². The van der Waals surface area contributed by atoms with Crippen LogP contribution in [0.15, 0.2) is 22.8 Å². The lowest BCUT2D eigenvalue weighted by atomic mass is 10.2. The Morgan fingerprint density at radius 2 is 2.50 bits per heavy atom. The number of alkyl halides is 1. The van der Waals surface area contributed by atoms with Crippen LogP contribution in [0.4, 0.5) is 0 Å². The fourth-order valence-electron chi connectivity index (χ4n) is 1.04. The van der Waals surface area contributed by atoms with Gasteiger partial charge in [0.05, 0.1) is 6.26 Å². The minimum Gasteiger partial charge on any atom is -0.459 e. The zero-order chi connectivity index (χ0) is 10.4. The average molecular weight is 216 g/mol. The summed E-state index contributed by atoms with van der Waals surface area (Å²) in [5.74, 6) is 0.155. The van der Waals surface area contributed by atoms with Gasteiger partial charge in [-0.05, 0) is 25.0 Å². The van der Waals surface area contributed by atoms with Crippen LogP contribution in [0, 0.1) is 0 Å². The minimum absolute atomic E-state index is 0.131. The Labute approximate surface area is 88.4 Å². The van der Waals surface area contributed by atoms with Crippen LogP contribution in [0.3, 0.4) is 0 Å². The SMILES string of the molecule is CCC(Cl)CCNC(=O)c1ccco1. The molecule has 1 aromatic heterocycles. The van der Waals surface area contributed by atoms with Crippen molar-refractivity contribution < 1.29 is 9.21 Å². The minimum atomic E-state index is -0.185. The molecule has 0 saturated carbocycles. The largest absolute Gasteiger partial charge is 0.459 e. The number of hydrogen-bond acceptors (Lipinski definition) is 2. The first kappa shape index (κ1) is 11.1. The maximum absolute atomic E-state index is 11.3. The summed E-state index contributed by atoms with van der Waals surface area (Å²) >= 11 is 5.90. The van der Waals surface area contributed by atoms with Crippen molar-refractivity contribution in [2.24, 2.45) is 0 Å². The predicted octanol–water partition coefficient (Wildman–Crippen LogP) is 2.42. The Morgan fingerprint density at radius 1 is 1.71 bits per heavy atom. The number of carbonyl (C=O) groups is 1. The smallest absolute Gasteiger partial charge is 0.286 e. The Hall–Kier alpha value is -0.960. The second-order valence-electron chi connectivity index (χ2n) is 3.03. The van der Waals surface area contributed by atoms with Crippen LogP contribution in [0.1, 0.15) is 30.3 Å². The van der Waals surface area contributed by atoms with Crippen molar-refractivity contribution in [1.29, 1.82) is 0 Å². The molecule has 14 heavy (non-hydrogen) atoms. The Bertz CT molecular complexity index is 272. The summed E-state index contributed by atoms with van der Waals surface area (Å²) in [6, 6.07) is 3.32. The quantitative estimate of drug-likeness (QED) is 0.767. The first-order chi connectivity index (χ1) is 6.74. The molecule has 1 heterocycles. The standard InChI is InChI=1S/C10H14ClNO2/c1-2-8(11)5-6-12-10(13)9-4-3-7-14-9/h3-4,7-8H,2,5-6H2,1H3,(H,12,13). The summed E-state index contributed by atoms with van der Waals surface area (Å²) in [6.45, 7) is 2.60. The number of carbonyl (C=O) groups excluding carboxylic acids is 1. The van der Waals surface area contributed by atoms with E-state index in [2.05, 4.69) is 5.32 Å². The first-order valence-electron chi connectivity index (χ1n) is 4.69. The van der Waals surface area contributed by atoms with Crippen LogP contribution in [-0.4, -0.2) is 17.8 Å². The molecule has 3 nitrogen and oxygen atoms in total. The summed E-state index contributed by atoms with van der Waals surface area (Å²) in [5.41, 5.74) is 0. The molecule has 1 atom stereocenters. The molecule has 0 aliphatic rings. The number of amides is 1. The van der Waals surface area contributed by atoms with Gasteiger partial charge in [0.2, 0.25) is 0 Å². The molecular weight excluding hydrogens is 202 g/mol. The van der Waals surface area contributed by atoms with E-state index in [-0.39, 0.29) is 11.3 Å². The third-order valence-corrected chi connectivity index (χ3v) is 2.46. The Morgan fingerprint density at radius 3 is 3.07 bits per heavy atom. The van der Waals surface area contributed by atoms with Crippen LogP contribution >= 0.6 is 11.6 Å². The second-order valence-corrected chi connectivity index (χ2v) is 3.64. The summed E-state index contributed by atoms with van der Waals surface area (Å²) in [5, 5.41) is 2.86. The zero-order valence-corrected chi connectivity index (χ0v) is 8.88. The van der Waals surface area contributed by atoms with Crippen LogP contribution < -0.4 is 5.32 Å². The highest BCUT2D eigenvalue weighted by molar-refractivity contribution is 6.20. The van der Waals surface area contributed by atoms with E-state index in [0.717, 1.165) is 12.8 Å². The van der Waals surface area contributed by atoms with Gasteiger partial charge >= 0.3 is 0 Å². The van der Waals surface area contributed by atoms with Crippen molar-refractivity contribution in [2.75, 3.05) is 6.54 Å². The average Bonchev–Trinajstić information content (AvgIpc) is 2.70. The molecule has 0 aliphatic carbocycles. The zero-order valence-electron chi connectivity index (χ0n) is 8.13. The molecule has 78 valence electrons. The highest BCUT2D eigenvalue weighted by Gasteiger charge is 2.08. The molecular formula is C10H14ClNO2. The summed E-state index contributed by atoms with van der Waals surface area (Å²) in [4.78, 5) is 11.3. The number of furan rings is 1. The highest BCUT2D eigenvalue weighted by atomic mass is 35.5. The maximum Gasteiger partial charge on any atom is 0.286 e. The normalized spacial score (nSPS) is 12.4. The van der Waals surface area contributed by atoms with E-state index in [1.165, 1.54) is 6.26 Å². The van der Waals surface area contributed by atoms with E-state index in [4.69, 9.17) is 16.0 Å². The molecule has 0 radical (unpaired) electrons. The lowest BCUT2D eigenvalue weighted by Gasteiger charge is -2.06. The van der Waals surface area contributed by atoms with Crippen molar-refractivity contribution >= 4 is 17.5 Å². The molecule has 0 bridgehead atoms. The van der Waals surface area contributed by atoms with Crippen molar-refractivity contribution in [3.8, 4) is 0 Å². The first-order valence-corrected chi connectivity index (χ1v) is 5.13. The van der Waals surface area contributed by atoms with Gasteiger partial charge in [0, 0.05) is 11.9 Å². The molecule has 0 aromatic carbocycles. The van der Waals surface area contributed by atoms with Gasteiger partial charge in [-0.1, -0.05) is 6.92 Å². The third-order valence-electron chi connectivity index (χ3n) is 1.93. The molecule has 1 rings (SSSR count). The molecule has 0 saturated heterocycles. The topological polar surface area (TPSA) is 42.2 Å². The molecule has 1 N–H and O–H groups in total. The molecule has 0 fully saturated rings. The maximum atomic E-state index is 11.3.